The molecule has 106 valence electrons. The van der Waals surface area contributed by atoms with E-state index < -0.39 is 0 Å². The largest absolute Gasteiger partial charge is 0.497 e. The maximum Gasteiger partial charge on any atom is 0.119 e. The van der Waals surface area contributed by atoms with Crippen molar-refractivity contribution in [2.75, 3.05) is 14.2 Å². The Morgan fingerprint density at radius 3 is 2.75 bits per heavy atom. The van der Waals surface area contributed by atoms with Gasteiger partial charge in [0.05, 0.1) is 7.11 Å². The summed E-state index contributed by atoms with van der Waals surface area (Å²) < 4.78 is 7.67. The van der Waals surface area contributed by atoms with E-state index in [1.165, 1.54) is 14.7 Å². The second-order valence-electron chi connectivity index (χ2n) is 4.56. The molecule has 0 aromatic heterocycles. The molecule has 2 nitrogen and oxygen atoms in total. The van der Waals surface area contributed by atoms with Crippen LogP contribution in [0.1, 0.15) is 17.2 Å². The number of halogens is 2. The molecule has 0 bridgehead atoms. The monoisotopic (exact) mass is 445 g/mol. The fourth-order valence-corrected chi connectivity index (χ4v) is 3.27. The summed E-state index contributed by atoms with van der Waals surface area (Å²) in [5.41, 5.74) is 2.57. The van der Waals surface area contributed by atoms with Gasteiger partial charge in [0, 0.05) is 14.1 Å². The van der Waals surface area contributed by atoms with Gasteiger partial charge >= 0.3 is 0 Å². The van der Waals surface area contributed by atoms with Crippen LogP contribution in [0.25, 0.3) is 0 Å². The molecule has 0 saturated heterocycles. The second kappa shape index (κ2) is 7.43. The molecule has 0 saturated carbocycles. The van der Waals surface area contributed by atoms with Crippen LogP contribution in [-0.2, 0) is 6.42 Å². The molecular weight excluding hydrogens is 429 g/mol. The maximum absolute atomic E-state index is 5.29. The van der Waals surface area contributed by atoms with Crippen molar-refractivity contribution in [2.45, 2.75) is 12.5 Å². The van der Waals surface area contributed by atoms with Crippen molar-refractivity contribution in [1.82, 2.24) is 5.32 Å². The van der Waals surface area contributed by atoms with Crippen LogP contribution < -0.4 is 10.1 Å². The molecule has 1 atom stereocenters. The van der Waals surface area contributed by atoms with E-state index in [2.05, 4.69) is 74.2 Å². The van der Waals surface area contributed by atoms with Crippen molar-refractivity contribution in [2.24, 2.45) is 0 Å². The third-order valence-electron chi connectivity index (χ3n) is 3.26. The van der Waals surface area contributed by atoms with Crippen LogP contribution in [-0.4, -0.2) is 14.2 Å². The molecule has 0 heterocycles. The second-order valence-corrected chi connectivity index (χ2v) is 6.64. The van der Waals surface area contributed by atoms with Crippen LogP contribution >= 0.6 is 38.5 Å². The summed E-state index contributed by atoms with van der Waals surface area (Å²) in [6.07, 6.45) is 0.931. The number of nitrogens with one attached hydrogen (secondary N) is 1. The fraction of sp³-hybridized carbons (Fsp3) is 0.250. The van der Waals surface area contributed by atoms with Gasteiger partial charge in [-0.3, -0.25) is 0 Å². The molecule has 0 fully saturated rings. The van der Waals surface area contributed by atoms with E-state index >= 15 is 0 Å². The molecule has 0 radical (unpaired) electrons. The average Bonchev–Trinajstić information content (AvgIpc) is 2.47. The van der Waals surface area contributed by atoms with Crippen LogP contribution in [0.2, 0.25) is 0 Å². The molecule has 1 N–H and O–H groups in total. The lowest BCUT2D eigenvalue weighted by Gasteiger charge is -2.19. The lowest BCUT2D eigenvalue weighted by atomic mass is 9.99. The first-order valence-electron chi connectivity index (χ1n) is 6.39. The first kappa shape index (κ1) is 15.8. The normalized spacial score (nSPS) is 12.2. The number of ether oxygens (including phenoxy) is 1. The number of hydrogen-bond acceptors (Lipinski definition) is 2. The highest BCUT2D eigenvalue weighted by Gasteiger charge is 2.14. The topological polar surface area (TPSA) is 21.3 Å². The SMILES string of the molecule is CNC(Cc1cccc(OC)c1)c1cc(Br)ccc1I. The van der Waals surface area contributed by atoms with Gasteiger partial charge in [-0.05, 0) is 77.5 Å². The minimum atomic E-state index is 0.284. The molecule has 20 heavy (non-hydrogen) atoms. The van der Waals surface area contributed by atoms with E-state index in [1.807, 2.05) is 19.2 Å². The Hall–Kier alpha value is -0.590. The van der Waals surface area contributed by atoms with Crippen molar-refractivity contribution in [3.63, 3.8) is 0 Å². The third kappa shape index (κ3) is 3.96. The zero-order valence-electron chi connectivity index (χ0n) is 11.5. The van der Waals surface area contributed by atoms with E-state index in [-0.39, 0.29) is 6.04 Å². The number of hydrogen-bond donors (Lipinski definition) is 1. The molecule has 2 rings (SSSR count). The van der Waals surface area contributed by atoms with E-state index in [9.17, 15) is 0 Å². The molecule has 0 aliphatic rings. The van der Waals surface area contributed by atoms with Gasteiger partial charge < -0.3 is 10.1 Å². The highest BCUT2D eigenvalue weighted by atomic mass is 127. The van der Waals surface area contributed by atoms with E-state index in [1.54, 1.807) is 7.11 Å². The molecule has 4 heteroatoms. The van der Waals surface area contributed by atoms with E-state index in [0.717, 1.165) is 16.6 Å². The smallest absolute Gasteiger partial charge is 0.119 e. The molecular formula is C16H17BrINO. The summed E-state index contributed by atoms with van der Waals surface area (Å²) in [5, 5.41) is 3.41. The Labute approximate surface area is 142 Å². The van der Waals surface area contributed by atoms with Crippen LogP contribution in [0.5, 0.6) is 5.75 Å². The van der Waals surface area contributed by atoms with Crippen molar-refractivity contribution >= 4 is 38.5 Å². The van der Waals surface area contributed by atoms with Crippen molar-refractivity contribution in [1.29, 1.82) is 0 Å². The summed E-state index contributed by atoms with van der Waals surface area (Å²) in [5.74, 6) is 0.904. The molecule has 0 aliphatic carbocycles. The molecule has 2 aromatic rings. The Kier molecular flexibility index (Phi) is 5.86. The number of benzene rings is 2. The Morgan fingerprint density at radius 1 is 1.25 bits per heavy atom. The predicted molar refractivity (Wildman–Crippen MR) is 95.4 cm³/mol. The van der Waals surface area contributed by atoms with Crippen LogP contribution in [0.3, 0.4) is 0 Å². The standard InChI is InChI=1S/C16H17BrINO/c1-19-16(14-10-12(17)6-7-15(14)18)9-11-4-3-5-13(8-11)20-2/h3-8,10,16,19H,9H2,1-2H3. The molecule has 1 unspecified atom stereocenters. The van der Waals surface area contributed by atoms with Gasteiger partial charge in [0.25, 0.3) is 0 Å². The lowest BCUT2D eigenvalue weighted by molar-refractivity contribution is 0.414. The minimum absolute atomic E-state index is 0.284. The Morgan fingerprint density at radius 2 is 2.05 bits per heavy atom. The molecule has 0 spiro atoms. The summed E-state index contributed by atoms with van der Waals surface area (Å²) in [6, 6.07) is 14.9. The van der Waals surface area contributed by atoms with Gasteiger partial charge in [-0.15, -0.1) is 0 Å². The summed E-state index contributed by atoms with van der Waals surface area (Å²) >= 11 is 5.94. The van der Waals surface area contributed by atoms with Gasteiger partial charge in [-0.2, -0.15) is 0 Å². The van der Waals surface area contributed by atoms with Crippen molar-refractivity contribution in [3.05, 3.63) is 61.6 Å². The zero-order chi connectivity index (χ0) is 14.5. The molecule has 0 amide bonds. The highest BCUT2D eigenvalue weighted by molar-refractivity contribution is 14.1. The number of likely N-dealkylation sites (N-methyl/N-ethyl adjacent to an activating group) is 1. The summed E-state index contributed by atoms with van der Waals surface area (Å²) in [7, 11) is 3.70. The van der Waals surface area contributed by atoms with Crippen LogP contribution in [0.4, 0.5) is 0 Å². The van der Waals surface area contributed by atoms with Gasteiger partial charge in [0.15, 0.2) is 0 Å². The molecule has 2 aromatic carbocycles. The quantitative estimate of drug-likeness (QED) is 0.681. The summed E-state index contributed by atoms with van der Waals surface area (Å²) in [6.45, 7) is 0. The maximum atomic E-state index is 5.29. The van der Waals surface area contributed by atoms with Gasteiger partial charge in [0.1, 0.15) is 5.75 Å². The summed E-state index contributed by atoms with van der Waals surface area (Å²) in [4.78, 5) is 0. The van der Waals surface area contributed by atoms with Gasteiger partial charge in [-0.1, -0.05) is 28.1 Å². The first-order chi connectivity index (χ1) is 9.63. The van der Waals surface area contributed by atoms with Crippen LogP contribution in [0, 0.1) is 3.57 Å². The highest BCUT2D eigenvalue weighted by Crippen LogP contribution is 2.27. The average molecular weight is 446 g/mol. The first-order valence-corrected chi connectivity index (χ1v) is 8.26. The van der Waals surface area contributed by atoms with E-state index in [0.29, 0.717) is 0 Å². The Balaban J connectivity index is 2.26. The van der Waals surface area contributed by atoms with Crippen molar-refractivity contribution in [3.8, 4) is 5.75 Å². The zero-order valence-corrected chi connectivity index (χ0v) is 15.2. The fourth-order valence-electron chi connectivity index (χ4n) is 2.18. The lowest BCUT2D eigenvalue weighted by Crippen LogP contribution is -2.20. The van der Waals surface area contributed by atoms with Crippen molar-refractivity contribution < 1.29 is 4.74 Å². The van der Waals surface area contributed by atoms with E-state index in [4.69, 9.17) is 4.74 Å². The predicted octanol–water partition coefficient (Wildman–Crippen LogP) is 4.57. The Bertz CT molecular complexity index is 588. The molecule has 0 aliphatic heterocycles. The van der Waals surface area contributed by atoms with Gasteiger partial charge in [-0.25, -0.2) is 0 Å². The number of methoxy groups -OCH3 is 1. The van der Waals surface area contributed by atoms with Crippen LogP contribution in [0.15, 0.2) is 46.9 Å². The van der Waals surface area contributed by atoms with Gasteiger partial charge in [0.2, 0.25) is 0 Å². The minimum Gasteiger partial charge on any atom is -0.497 e. The third-order valence-corrected chi connectivity index (χ3v) is 4.73. The number of rotatable bonds is 5.